The van der Waals surface area contributed by atoms with Crippen LogP contribution in [0.2, 0.25) is 0 Å². The summed E-state index contributed by atoms with van der Waals surface area (Å²) in [5.74, 6) is 3.65. The molecule has 0 unspecified atom stereocenters. The second-order valence-corrected chi connectivity index (χ2v) is 13.5. The summed E-state index contributed by atoms with van der Waals surface area (Å²) in [6.45, 7) is 10.8. The Hall–Kier alpha value is -5.56. The largest absolute Gasteiger partial charge is 0.508 e. The molecule has 0 bridgehead atoms. The number of aryl methyl sites for hydroxylation is 1. The van der Waals surface area contributed by atoms with Crippen LogP contribution in [-0.2, 0) is 0 Å². The van der Waals surface area contributed by atoms with Gasteiger partial charge in [-0.1, -0.05) is 12.1 Å². The van der Waals surface area contributed by atoms with E-state index in [1.54, 1.807) is 18.2 Å². The van der Waals surface area contributed by atoms with E-state index in [4.69, 9.17) is 18.9 Å². The molecule has 0 saturated carbocycles. The first-order valence-electron chi connectivity index (χ1n) is 16.0. The van der Waals surface area contributed by atoms with Crippen LogP contribution in [0.25, 0.3) is 35.5 Å². The molecule has 0 aliphatic carbocycles. The Balaban J connectivity index is 0.000000152. The van der Waals surface area contributed by atoms with E-state index in [0.29, 0.717) is 18.8 Å². The van der Waals surface area contributed by atoms with Gasteiger partial charge in [-0.2, -0.15) is 0 Å². The number of hydrogen-bond donors (Lipinski definition) is 3. The van der Waals surface area contributed by atoms with Crippen molar-refractivity contribution in [1.82, 2.24) is 0 Å². The van der Waals surface area contributed by atoms with E-state index in [1.807, 2.05) is 95.3 Å². The molecule has 7 heteroatoms. The first kappa shape index (κ1) is 31.1. The summed E-state index contributed by atoms with van der Waals surface area (Å²) in [5.41, 5.74) is 7.58. The Morgan fingerprint density at radius 1 is 0.583 bits per heavy atom. The Labute approximate surface area is 280 Å². The Morgan fingerprint density at radius 2 is 1.06 bits per heavy atom. The molecular weight excluding hydrogens is 604 g/mol. The molecule has 4 aliphatic rings. The molecule has 244 valence electrons. The van der Waals surface area contributed by atoms with Crippen LogP contribution in [0.1, 0.15) is 66.6 Å². The maximum atomic E-state index is 10.2. The van der Waals surface area contributed by atoms with Crippen LogP contribution >= 0.6 is 0 Å². The Morgan fingerprint density at radius 3 is 1.54 bits per heavy atom. The molecule has 0 amide bonds. The van der Waals surface area contributed by atoms with Gasteiger partial charge in [0, 0.05) is 39.5 Å². The first-order chi connectivity index (χ1) is 22.9. The van der Waals surface area contributed by atoms with Crippen LogP contribution in [0, 0.1) is 6.92 Å². The van der Waals surface area contributed by atoms with E-state index < -0.39 is 0 Å². The van der Waals surface area contributed by atoms with E-state index in [1.165, 1.54) is 6.07 Å². The molecule has 0 spiro atoms. The van der Waals surface area contributed by atoms with E-state index >= 15 is 0 Å². The van der Waals surface area contributed by atoms with Crippen LogP contribution in [-0.4, -0.2) is 39.7 Å². The van der Waals surface area contributed by atoms with Crippen molar-refractivity contribution in [2.75, 3.05) is 13.2 Å². The van der Waals surface area contributed by atoms with E-state index in [0.717, 1.165) is 67.5 Å². The summed E-state index contributed by atoms with van der Waals surface area (Å²) in [5, 5.41) is 29.7. The van der Waals surface area contributed by atoms with Crippen molar-refractivity contribution in [2.45, 2.75) is 45.8 Å². The van der Waals surface area contributed by atoms with Crippen LogP contribution in [0.5, 0.6) is 40.2 Å². The number of benzene rings is 4. The second-order valence-electron chi connectivity index (χ2n) is 13.5. The fourth-order valence-electron chi connectivity index (χ4n) is 6.22. The first-order valence-corrected chi connectivity index (χ1v) is 16.0. The van der Waals surface area contributed by atoms with Crippen LogP contribution in [0.4, 0.5) is 0 Å². The third kappa shape index (κ3) is 5.99. The molecule has 0 saturated heterocycles. The van der Waals surface area contributed by atoms with Gasteiger partial charge in [-0.25, -0.2) is 0 Å². The van der Waals surface area contributed by atoms with Crippen molar-refractivity contribution in [3.05, 3.63) is 112 Å². The molecule has 0 fully saturated rings. The average Bonchev–Trinajstić information content (AvgIpc) is 3.03. The predicted molar refractivity (Wildman–Crippen MR) is 190 cm³/mol. The summed E-state index contributed by atoms with van der Waals surface area (Å²) < 4.78 is 24.0. The molecule has 3 N–H and O–H groups in total. The van der Waals surface area contributed by atoms with Gasteiger partial charge in [-0.15, -0.1) is 0 Å². The second kappa shape index (κ2) is 11.6. The van der Waals surface area contributed by atoms with Gasteiger partial charge in [0.1, 0.15) is 64.7 Å². The summed E-state index contributed by atoms with van der Waals surface area (Å²) in [6.07, 6.45) is 12.2. The Kier molecular flexibility index (Phi) is 7.51. The van der Waals surface area contributed by atoms with Gasteiger partial charge < -0.3 is 34.3 Å². The lowest BCUT2D eigenvalue weighted by Crippen LogP contribution is -2.27. The van der Waals surface area contributed by atoms with E-state index in [-0.39, 0.29) is 28.5 Å². The molecule has 0 atom stereocenters. The summed E-state index contributed by atoms with van der Waals surface area (Å²) in [7, 11) is 0. The van der Waals surface area contributed by atoms with Crippen molar-refractivity contribution >= 4 is 35.5 Å². The molecule has 0 aromatic heterocycles. The smallest absolute Gasteiger partial charge is 0.137 e. The third-order valence-corrected chi connectivity index (χ3v) is 8.65. The fourth-order valence-corrected chi connectivity index (χ4v) is 6.22. The minimum atomic E-state index is -0.325. The van der Waals surface area contributed by atoms with Crippen molar-refractivity contribution in [2.24, 2.45) is 0 Å². The molecule has 4 heterocycles. The highest BCUT2D eigenvalue weighted by Crippen LogP contribution is 2.45. The van der Waals surface area contributed by atoms with Gasteiger partial charge in [0.05, 0.1) is 11.1 Å². The molecule has 8 rings (SSSR count). The number of fused-ring (bicyclic) bond motifs is 6. The number of hydrogen-bond acceptors (Lipinski definition) is 7. The molecule has 0 radical (unpaired) electrons. The van der Waals surface area contributed by atoms with Crippen molar-refractivity contribution in [1.29, 1.82) is 0 Å². The van der Waals surface area contributed by atoms with Crippen LogP contribution in [0.15, 0.2) is 72.8 Å². The predicted octanol–water partition coefficient (Wildman–Crippen LogP) is 9.03. The molecule has 48 heavy (non-hydrogen) atoms. The molecule has 4 aliphatic heterocycles. The van der Waals surface area contributed by atoms with Crippen molar-refractivity contribution in [3.8, 4) is 40.2 Å². The van der Waals surface area contributed by atoms with Gasteiger partial charge in [0.25, 0.3) is 0 Å². The summed E-state index contributed by atoms with van der Waals surface area (Å²) in [4.78, 5) is 0. The lowest BCUT2D eigenvalue weighted by atomic mass is 9.95. The quantitative estimate of drug-likeness (QED) is 0.201. The van der Waals surface area contributed by atoms with E-state index in [2.05, 4.69) is 12.2 Å². The minimum Gasteiger partial charge on any atom is -0.508 e. The molecule has 7 nitrogen and oxygen atoms in total. The van der Waals surface area contributed by atoms with Gasteiger partial charge in [-0.3, -0.25) is 0 Å². The van der Waals surface area contributed by atoms with Crippen molar-refractivity contribution in [3.63, 3.8) is 0 Å². The number of ether oxygens (including phenoxy) is 4. The standard InChI is InChI=1S/C21H20O3.C20H18O4/c1-13-4-6-16(18(22)10-13)15-11-14-5-7-19-17(20(14)23-12-15)8-9-21(2,3)24-19;1-20(2)8-7-16-18(24-20)6-3-12-9-13(11-23-19(12)16)15-5-4-14(21)10-17(15)22/h4-11,22H,12H2,1-3H3;3-10,21-22H,11H2,1-2H3. The molecular formula is C41H38O7. The maximum Gasteiger partial charge on any atom is 0.137 e. The van der Waals surface area contributed by atoms with Crippen LogP contribution < -0.4 is 18.9 Å². The van der Waals surface area contributed by atoms with Gasteiger partial charge in [0.2, 0.25) is 0 Å². The average molecular weight is 643 g/mol. The molecule has 4 aromatic carbocycles. The van der Waals surface area contributed by atoms with Crippen LogP contribution in [0.3, 0.4) is 0 Å². The third-order valence-electron chi connectivity index (χ3n) is 8.65. The topological polar surface area (TPSA) is 97.6 Å². The Bertz CT molecular complexity index is 1930. The zero-order valence-electron chi connectivity index (χ0n) is 27.6. The highest BCUT2D eigenvalue weighted by Gasteiger charge is 2.28. The highest BCUT2D eigenvalue weighted by atomic mass is 16.5. The number of phenolic OH excluding ortho intramolecular Hbond substituents is 3. The zero-order valence-corrected chi connectivity index (χ0v) is 27.6. The van der Waals surface area contributed by atoms with Gasteiger partial charge in [0.15, 0.2) is 0 Å². The molecule has 4 aromatic rings. The van der Waals surface area contributed by atoms with Gasteiger partial charge >= 0.3 is 0 Å². The fraction of sp³-hybridized carbons (Fsp3) is 0.220. The van der Waals surface area contributed by atoms with E-state index in [9.17, 15) is 15.3 Å². The number of phenols is 3. The monoisotopic (exact) mass is 642 g/mol. The lowest BCUT2D eigenvalue weighted by Gasteiger charge is -2.30. The normalized spacial score (nSPS) is 17.2. The number of aromatic hydroxyl groups is 3. The maximum absolute atomic E-state index is 10.2. The zero-order chi connectivity index (χ0) is 33.8. The summed E-state index contributed by atoms with van der Waals surface area (Å²) >= 11 is 0. The highest BCUT2D eigenvalue weighted by molar-refractivity contribution is 5.91. The summed E-state index contributed by atoms with van der Waals surface area (Å²) in [6, 6.07) is 18.2. The lowest BCUT2D eigenvalue weighted by molar-refractivity contribution is 0.157. The number of rotatable bonds is 2. The van der Waals surface area contributed by atoms with Crippen molar-refractivity contribution < 1.29 is 34.3 Å². The SMILES string of the molecule is CC1(C)C=Cc2c(ccc3c2OCC(c2ccc(O)cc2O)=C3)O1.Cc1ccc(C2=Cc3ccc4c(c3OC2)C=CC(C)(C)O4)c(O)c1. The van der Waals surface area contributed by atoms with Gasteiger partial charge in [-0.05, 0) is 119 Å². The minimum absolute atomic E-state index is 0.0351.